The van der Waals surface area contributed by atoms with Crippen molar-refractivity contribution in [3.8, 4) is 0 Å². The molecule has 3 saturated carbocycles. The number of allylic oxidation sites excluding steroid dienone is 6. The van der Waals surface area contributed by atoms with E-state index in [1.54, 1.807) is 16.7 Å². The molecule has 0 unspecified atom stereocenters. The number of rotatable bonds is 3. The van der Waals surface area contributed by atoms with Crippen LogP contribution in [-0.2, 0) is 0 Å². The van der Waals surface area contributed by atoms with Gasteiger partial charge in [0.25, 0.3) is 0 Å². The molecule has 0 aromatic carbocycles. The van der Waals surface area contributed by atoms with Crippen molar-refractivity contribution in [2.45, 2.75) is 105 Å². The van der Waals surface area contributed by atoms with E-state index in [1.165, 1.54) is 31.3 Å². The largest absolute Gasteiger partial charge is 0.393 e. The van der Waals surface area contributed by atoms with Crippen LogP contribution in [0.2, 0.25) is 0 Å². The maximum absolute atomic E-state index is 11.1. The summed E-state index contributed by atoms with van der Waals surface area (Å²) in [4.78, 5) is 0. The van der Waals surface area contributed by atoms with E-state index in [-0.39, 0.29) is 29.0 Å². The summed E-state index contributed by atoms with van der Waals surface area (Å²) in [6.07, 6.45) is 14.1. The summed E-state index contributed by atoms with van der Waals surface area (Å²) in [7, 11) is 0. The van der Waals surface area contributed by atoms with Crippen molar-refractivity contribution in [3.63, 3.8) is 0 Å². The van der Waals surface area contributed by atoms with Crippen LogP contribution in [0.1, 0.15) is 92.4 Å². The summed E-state index contributed by atoms with van der Waals surface area (Å²) in [5, 5.41) is 21.3. The van der Waals surface area contributed by atoms with Crippen LogP contribution in [0.4, 0.5) is 0 Å². The van der Waals surface area contributed by atoms with E-state index in [0.29, 0.717) is 11.8 Å². The molecule has 3 fully saturated rings. The van der Waals surface area contributed by atoms with Crippen molar-refractivity contribution in [2.75, 3.05) is 0 Å². The lowest BCUT2D eigenvalue weighted by atomic mass is 9.48. The Labute approximate surface area is 178 Å². The maximum Gasteiger partial charge on any atom is 0.0583 e. The molecule has 0 radical (unpaired) electrons. The molecule has 7 atom stereocenters. The second-order valence-corrected chi connectivity index (χ2v) is 11.4. The SMILES string of the molecule is CC(C)=CCC/C(C)=C1\CC[C@H]2[C@H]3C[C@H](O)[C@H]4C[C@@H](O)CC[C@]4(C)C3=CC[C@]12C. The van der Waals surface area contributed by atoms with Crippen LogP contribution in [0.25, 0.3) is 0 Å². The number of aliphatic hydroxyl groups is 2. The Morgan fingerprint density at radius 3 is 2.55 bits per heavy atom. The minimum atomic E-state index is -0.258. The average Bonchev–Trinajstić information content (AvgIpc) is 3.00. The van der Waals surface area contributed by atoms with Gasteiger partial charge in [0.05, 0.1) is 12.2 Å². The topological polar surface area (TPSA) is 40.5 Å². The molecule has 2 N–H and O–H groups in total. The Morgan fingerprint density at radius 1 is 1.07 bits per heavy atom. The van der Waals surface area contributed by atoms with Gasteiger partial charge >= 0.3 is 0 Å². The molecule has 0 saturated heterocycles. The molecule has 0 bridgehead atoms. The van der Waals surface area contributed by atoms with Crippen molar-refractivity contribution in [2.24, 2.45) is 28.6 Å². The third kappa shape index (κ3) is 3.49. The summed E-state index contributed by atoms with van der Waals surface area (Å²) >= 11 is 0. The lowest BCUT2D eigenvalue weighted by Gasteiger charge is -2.57. The minimum Gasteiger partial charge on any atom is -0.393 e. The van der Waals surface area contributed by atoms with E-state index < -0.39 is 0 Å². The zero-order valence-electron chi connectivity index (χ0n) is 19.3. The molecule has 29 heavy (non-hydrogen) atoms. The number of fused-ring (bicyclic) bond motifs is 5. The first-order valence-electron chi connectivity index (χ1n) is 12.1. The number of aliphatic hydroxyl groups excluding tert-OH is 2. The van der Waals surface area contributed by atoms with E-state index in [1.807, 2.05) is 0 Å². The molecule has 0 amide bonds. The van der Waals surface area contributed by atoms with E-state index >= 15 is 0 Å². The number of hydrogen-bond donors (Lipinski definition) is 2. The monoisotopic (exact) mass is 398 g/mol. The lowest BCUT2D eigenvalue weighted by Crippen LogP contribution is -2.53. The smallest absolute Gasteiger partial charge is 0.0583 e. The van der Waals surface area contributed by atoms with E-state index in [0.717, 1.165) is 32.1 Å². The second-order valence-electron chi connectivity index (χ2n) is 11.4. The second kappa shape index (κ2) is 7.68. The van der Waals surface area contributed by atoms with E-state index in [4.69, 9.17) is 0 Å². The molecule has 0 spiro atoms. The summed E-state index contributed by atoms with van der Waals surface area (Å²) in [5.41, 5.74) is 6.77. The third-order valence-electron chi connectivity index (χ3n) is 9.39. The summed E-state index contributed by atoms with van der Waals surface area (Å²) in [6, 6.07) is 0. The molecule has 4 aliphatic carbocycles. The average molecular weight is 399 g/mol. The molecule has 2 nitrogen and oxygen atoms in total. The molecule has 0 aliphatic heterocycles. The standard InChI is InChI=1S/C27H42O2/c1-17(2)7-6-8-18(3)21-9-10-22-20-16-25(29)24-15-19(28)11-13-27(24,5)23(20)12-14-26(21,22)4/h7,12,19-20,22,24-25,28-29H,6,8-11,13-16H2,1-5H3/b21-18+/t19-,20+,22-,24+,25-,26+,27+/m0/s1. The van der Waals surface area contributed by atoms with Gasteiger partial charge in [0.2, 0.25) is 0 Å². The van der Waals surface area contributed by atoms with Crippen molar-refractivity contribution in [1.82, 2.24) is 0 Å². The van der Waals surface area contributed by atoms with Gasteiger partial charge < -0.3 is 10.2 Å². The van der Waals surface area contributed by atoms with Gasteiger partial charge in [-0.05, 0) is 107 Å². The highest BCUT2D eigenvalue weighted by atomic mass is 16.3. The Hall–Kier alpha value is -0.860. The van der Waals surface area contributed by atoms with Crippen LogP contribution in [-0.4, -0.2) is 22.4 Å². The van der Waals surface area contributed by atoms with Gasteiger partial charge in [0.1, 0.15) is 0 Å². The first-order valence-corrected chi connectivity index (χ1v) is 12.1. The molecule has 0 aromatic rings. The van der Waals surface area contributed by atoms with Crippen LogP contribution in [0.3, 0.4) is 0 Å². The molecular weight excluding hydrogens is 356 g/mol. The maximum atomic E-state index is 11.1. The number of hydrogen-bond acceptors (Lipinski definition) is 2. The Balaban J connectivity index is 1.63. The van der Waals surface area contributed by atoms with Crippen LogP contribution >= 0.6 is 0 Å². The van der Waals surface area contributed by atoms with Gasteiger partial charge in [-0.2, -0.15) is 0 Å². The van der Waals surface area contributed by atoms with Crippen LogP contribution in [0.5, 0.6) is 0 Å². The third-order valence-corrected chi connectivity index (χ3v) is 9.39. The summed E-state index contributed by atoms with van der Waals surface area (Å²) in [5.74, 6) is 1.44. The zero-order valence-corrected chi connectivity index (χ0v) is 19.3. The molecule has 2 heteroatoms. The van der Waals surface area contributed by atoms with Crippen molar-refractivity contribution >= 4 is 0 Å². The highest BCUT2D eigenvalue weighted by Crippen LogP contribution is 2.65. The zero-order chi connectivity index (χ0) is 21.0. The fraction of sp³-hybridized carbons (Fsp3) is 0.778. The molecular formula is C27H42O2. The summed E-state index contributed by atoms with van der Waals surface area (Å²) < 4.78 is 0. The van der Waals surface area contributed by atoms with Crippen molar-refractivity contribution in [1.29, 1.82) is 0 Å². The van der Waals surface area contributed by atoms with E-state index in [9.17, 15) is 10.2 Å². The van der Waals surface area contributed by atoms with Gasteiger partial charge in [-0.1, -0.05) is 48.3 Å². The van der Waals surface area contributed by atoms with Crippen LogP contribution < -0.4 is 0 Å². The normalized spacial score (nSPS) is 45.6. The van der Waals surface area contributed by atoms with Gasteiger partial charge in [-0.15, -0.1) is 0 Å². The molecule has 0 aromatic heterocycles. The fourth-order valence-corrected chi connectivity index (χ4v) is 7.80. The van der Waals surface area contributed by atoms with E-state index in [2.05, 4.69) is 46.8 Å². The van der Waals surface area contributed by atoms with Crippen LogP contribution in [0.15, 0.2) is 34.4 Å². The van der Waals surface area contributed by atoms with Crippen molar-refractivity contribution in [3.05, 3.63) is 34.4 Å². The first-order chi connectivity index (χ1) is 13.7. The highest BCUT2D eigenvalue weighted by molar-refractivity contribution is 5.36. The minimum absolute atomic E-state index is 0.0911. The van der Waals surface area contributed by atoms with Gasteiger partial charge in [-0.3, -0.25) is 0 Å². The molecule has 162 valence electrons. The Morgan fingerprint density at radius 2 is 1.83 bits per heavy atom. The van der Waals surface area contributed by atoms with Crippen molar-refractivity contribution < 1.29 is 10.2 Å². The van der Waals surface area contributed by atoms with Crippen LogP contribution in [0, 0.1) is 28.6 Å². The fourth-order valence-electron chi connectivity index (χ4n) is 7.80. The summed E-state index contributed by atoms with van der Waals surface area (Å²) in [6.45, 7) is 11.7. The highest BCUT2D eigenvalue weighted by Gasteiger charge is 2.58. The lowest BCUT2D eigenvalue weighted by molar-refractivity contribution is -0.0777. The Bertz CT molecular complexity index is 740. The van der Waals surface area contributed by atoms with Gasteiger partial charge in [-0.25, -0.2) is 0 Å². The Kier molecular flexibility index (Phi) is 5.66. The predicted molar refractivity (Wildman–Crippen MR) is 120 cm³/mol. The molecule has 4 rings (SSSR count). The predicted octanol–water partition coefficient (Wildman–Crippen LogP) is 6.34. The first kappa shape index (κ1) is 21.4. The molecule has 0 heterocycles. The quantitative estimate of drug-likeness (QED) is 0.544. The molecule has 4 aliphatic rings. The van der Waals surface area contributed by atoms with Gasteiger partial charge in [0.15, 0.2) is 0 Å². The van der Waals surface area contributed by atoms with Gasteiger partial charge in [0, 0.05) is 0 Å².